The maximum Gasteiger partial charge on any atom is 0.308 e. The topological polar surface area (TPSA) is 26.3 Å². The number of esters is 1. The average Bonchev–Trinajstić information content (AvgIpc) is 2.04. The standard InChI is InChI=1S/C10H9ClO2/c1-8(12)13-10(11)7-9-5-3-2-4-6-9/h2-7H,1H3/b10-7+. The van der Waals surface area contributed by atoms with Crippen LogP contribution in [0.25, 0.3) is 6.08 Å². The fourth-order valence-electron chi connectivity index (χ4n) is 0.847. The van der Waals surface area contributed by atoms with Crippen molar-refractivity contribution in [1.29, 1.82) is 0 Å². The van der Waals surface area contributed by atoms with Crippen molar-refractivity contribution in [2.24, 2.45) is 0 Å². The number of hydrogen-bond donors (Lipinski definition) is 0. The van der Waals surface area contributed by atoms with Crippen molar-refractivity contribution in [2.75, 3.05) is 0 Å². The van der Waals surface area contributed by atoms with Crippen LogP contribution in [0.2, 0.25) is 0 Å². The Morgan fingerprint density at radius 3 is 2.54 bits per heavy atom. The van der Waals surface area contributed by atoms with Crippen LogP contribution in [-0.2, 0) is 9.53 Å². The molecule has 0 radical (unpaired) electrons. The molecule has 1 rings (SSSR count). The van der Waals surface area contributed by atoms with Crippen molar-refractivity contribution in [3.8, 4) is 0 Å². The fourth-order valence-corrected chi connectivity index (χ4v) is 1.08. The van der Waals surface area contributed by atoms with Gasteiger partial charge in [0, 0.05) is 13.0 Å². The van der Waals surface area contributed by atoms with E-state index in [-0.39, 0.29) is 5.22 Å². The molecule has 2 nitrogen and oxygen atoms in total. The third-order valence-corrected chi connectivity index (χ3v) is 1.51. The Kier molecular flexibility index (Phi) is 3.53. The largest absolute Gasteiger partial charge is 0.414 e. The van der Waals surface area contributed by atoms with Gasteiger partial charge in [-0.25, -0.2) is 0 Å². The number of carbonyl (C=O) groups excluding carboxylic acids is 1. The molecule has 3 heteroatoms. The van der Waals surface area contributed by atoms with Crippen molar-refractivity contribution < 1.29 is 9.53 Å². The van der Waals surface area contributed by atoms with E-state index < -0.39 is 5.97 Å². The molecule has 0 aromatic heterocycles. The Bertz CT molecular complexity index is 317. The summed E-state index contributed by atoms with van der Waals surface area (Å²) in [5.41, 5.74) is 0.897. The average molecular weight is 197 g/mol. The lowest BCUT2D eigenvalue weighted by Gasteiger charge is -1.97. The quantitative estimate of drug-likeness (QED) is 0.537. The molecule has 0 heterocycles. The summed E-state index contributed by atoms with van der Waals surface area (Å²) in [6.07, 6.45) is 1.59. The first-order chi connectivity index (χ1) is 6.18. The first kappa shape index (κ1) is 9.81. The summed E-state index contributed by atoms with van der Waals surface area (Å²) in [7, 11) is 0. The minimum Gasteiger partial charge on any atom is -0.414 e. The van der Waals surface area contributed by atoms with Gasteiger partial charge < -0.3 is 4.74 Å². The molecule has 1 aromatic carbocycles. The molecule has 0 aliphatic heterocycles. The molecular formula is C10H9ClO2. The predicted octanol–water partition coefficient (Wildman–Crippen LogP) is 2.79. The van der Waals surface area contributed by atoms with Gasteiger partial charge in [-0.1, -0.05) is 30.3 Å². The third kappa shape index (κ3) is 3.76. The number of hydrogen-bond acceptors (Lipinski definition) is 2. The number of carbonyl (C=O) groups is 1. The molecule has 0 aliphatic rings. The van der Waals surface area contributed by atoms with Crippen molar-refractivity contribution in [2.45, 2.75) is 6.92 Å². The summed E-state index contributed by atoms with van der Waals surface area (Å²) in [5, 5.41) is 0.0821. The van der Waals surface area contributed by atoms with E-state index in [4.69, 9.17) is 11.6 Å². The van der Waals surface area contributed by atoms with E-state index in [1.54, 1.807) is 6.08 Å². The van der Waals surface area contributed by atoms with Gasteiger partial charge in [0.1, 0.15) is 0 Å². The molecule has 1 aromatic rings. The molecule has 0 aliphatic carbocycles. The van der Waals surface area contributed by atoms with Gasteiger partial charge in [0.05, 0.1) is 0 Å². The van der Waals surface area contributed by atoms with Crippen LogP contribution in [0.3, 0.4) is 0 Å². The van der Waals surface area contributed by atoms with E-state index in [1.165, 1.54) is 6.92 Å². The number of rotatable bonds is 2. The Balaban J connectivity index is 2.71. The second-order valence-electron chi connectivity index (χ2n) is 2.45. The van der Waals surface area contributed by atoms with Gasteiger partial charge >= 0.3 is 5.97 Å². The Morgan fingerprint density at radius 2 is 2.00 bits per heavy atom. The van der Waals surface area contributed by atoms with Gasteiger partial charge in [0.25, 0.3) is 0 Å². The van der Waals surface area contributed by atoms with Gasteiger partial charge in [0.2, 0.25) is 0 Å². The molecule has 68 valence electrons. The summed E-state index contributed by atoms with van der Waals surface area (Å²) in [6, 6.07) is 9.39. The first-order valence-electron chi connectivity index (χ1n) is 3.79. The van der Waals surface area contributed by atoms with Crippen LogP contribution in [-0.4, -0.2) is 5.97 Å². The van der Waals surface area contributed by atoms with E-state index in [0.29, 0.717) is 0 Å². The lowest BCUT2D eigenvalue weighted by Crippen LogP contribution is -1.93. The molecular weight excluding hydrogens is 188 g/mol. The van der Waals surface area contributed by atoms with E-state index in [1.807, 2.05) is 30.3 Å². The minimum absolute atomic E-state index is 0.0821. The summed E-state index contributed by atoms with van der Waals surface area (Å²) < 4.78 is 4.64. The van der Waals surface area contributed by atoms with Gasteiger partial charge in [0.15, 0.2) is 5.22 Å². The zero-order valence-corrected chi connectivity index (χ0v) is 7.91. The van der Waals surface area contributed by atoms with Crippen LogP contribution in [0.15, 0.2) is 35.6 Å². The van der Waals surface area contributed by atoms with Gasteiger partial charge in [-0.3, -0.25) is 4.79 Å². The second-order valence-corrected chi connectivity index (χ2v) is 2.83. The SMILES string of the molecule is CC(=O)O/C(Cl)=C/c1ccccc1. The molecule has 13 heavy (non-hydrogen) atoms. The summed E-state index contributed by atoms with van der Waals surface area (Å²) >= 11 is 5.63. The van der Waals surface area contributed by atoms with Crippen LogP contribution >= 0.6 is 11.6 Å². The number of halogens is 1. The highest BCUT2D eigenvalue weighted by Gasteiger charge is 1.97. The van der Waals surface area contributed by atoms with Crippen molar-refractivity contribution in [3.63, 3.8) is 0 Å². The maximum absolute atomic E-state index is 10.5. The van der Waals surface area contributed by atoms with Crippen molar-refractivity contribution in [1.82, 2.24) is 0 Å². The molecule has 0 saturated carbocycles. The zero-order chi connectivity index (χ0) is 9.68. The Labute approximate surface area is 81.8 Å². The highest BCUT2D eigenvalue weighted by Crippen LogP contribution is 2.10. The van der Waals surface area contributed by atoms with E-state index >= 15 is 0 Å². The third-order valence-electron chi connectivity index (χ3n) is 1.32. The minimum atomic E-state index is -0.419. The second kappa shape index (κ2) is 4.67. The predicted molar refractivity (Wildman–Crippen MR) is 52.0 cm³/mol. The fraction of sp³-hybridized carbons (Fsp3) is 0.100. The summed E-state index contributed by atoms with van der Waals surface area (Å²) in [4.78, 5) is 10.5. The molecule has 0 amide bonds. The van der Waals surface area contributed by atoms with Crippen molar-refractivity contribution >= 4 is 23.6 Å². The molecule has 0 bridgehead atoms. The van der Waals surface area contributed by atoms with Gasteiger partial charge in [-0.2, -0.15) is 0 Å². The summed E-state index contributed by atoms with van der Waals surface area (Å²) in [6.45, 7) is 1.31. The molecule has 0 spiro atoms. The van der Waals surface area contributed by atoms with Crippen LogP contribution in [0.5, 0.6) is 0 Å². The van der Waals surface area contributed by atoms with Gasteiger partial charge in [-0.15, -0.1) is 0 Å². The highest BCUT2D eigenvalue weighted by atomic mass is 35.5. The normalized spacial score (nSPS) is 11.1. The van der Waals surface area contributed by atoms with Crippen LogP contribution in [0, 0.1) is 0 Å². The number of ether oxygens (including phenoxy) is 1. The lowest BCUT2D eigenvalue weighted by atomic mass is 10.2. The van der Waals surface area contributed by atoms with E-state index in [2.05, 4.69) is 4.74 Å². The Hall–Kier alpha value is -1.28. The van der Waals surface area contributed by atoms with Crippen molar-refractivity contribution in [3.05, 3.63) is 41.1 Å². The van der Waals surface area contributed by atoms with Crippen LogP contribution < -0.4 is 0 Å². The maximum atomic E-state index is 10.5. The van der Waals surface area contributed by atoms with E-state index in [9.17, 15) is 4.79 Å². The van der Waals surface area contributed by atoms with Crippen LogP contribution in [0.1, 0.15) is 12.5 Å². The zero-order valence-electron chi connectivity index (χ0n) is 7.16. The van der Waals surface area contributed by atoms with Gasteiger partial charge in [-0.05, 0) is 17.2 Å². The molecule has 0 fully saturated rings. The van der Waals surface area contributed by atoms with E-state index in [0.717, 1.165) is 5.56 Å². The smallest absolute Gasteiger partial charge is 0.308 e. The number of benzene rings is 1. The molecule has 0 atom stereocenters. The first-order valence-corrected chi connectivity index (χ1v) is 4.17. The monoisotopic (exact) mass is 196 g/mol. The molecule has 0 N–H and O–H groups in total. The molecule has 0 unspecified atom stereocenters. The summed E-state index contributed by atoms with van der Waals surface area (Å²) in [5.74, 6) is -0.419. The lowest BCUT2D eigenvalue weighted by molar-refractivity contribution is -0.135. The highest BCUT2D eigenvalue weighted by molar-refractivity contribution is 6.30. The Morgan fingerprint density at radius 1 is 1.38 bits per heavy atom. The van der Waals surface area contributed by atoms with Crippen LogP contribution in [0.4, 0.5) is 0 Å². The molecule has 0 saturated heterocycles.